The van der Waals surface area contributed by atoms with Crippen LogP contribution in [-0.2, 0) is 12.8 Å². The van der Waals surface area contributed by atoms with E-state index in [1.54, 1.807) is 23.9 Å². The van der Waals surface area contributed by atoms with Gasteiger partial charge in [0, 0.05) is 23.9 Å². The molecule has 6 nitrogen and oxygen atoms in total. The molecule has 0 unspecified atom stereocenters. The van der Waals surface area contributed by atoms with Crippen LogP contribution in [0.2, 0.25) is 0 Å². The quantitative estimate of drug-likeness (QED) is 0.546. The molecule has 0 fully saturated rings. The van der Waals surface area contributed by atoms with Crippen LogP contribution in [0.15, 0.2) is 48.7 Å². The number of ether oxygens (including phenoxy) is 1. The predicted octanol–water partition coefficient (Wildman–Crippen LogP) is 3.55. The second-order valence-electron chi connectivity index (χ2n) is 5.74. The topological polar surface area (TPSA) is 70.2 Å². The molecule has 1 aromatic heterocycles. The van der Waals surface area contributed by atoms with E-state index in [9.17, 15) is 10.1 Å². The van der Waals surface area contributed by atoms with Crippen LogP contribution in [0.5, 0.6) is 5.75 Å². The summed E-state index contributed by atoms with van der Waals surface area (Å²) in [6, 6.07) is 12.5. The summed E-state index contributed by atoms with van der Waals surface area (Å²) in [4.78, 5) is 10.4. The molecule has 1 aliphatic carbocycles. The van der Waals surface area contributed by atoms with Crippen molar-refractivity contribution in [3.63, 3.8) is 0 Å². The summed E-state index contributed by atoms with van der Waals surface area (Å²) in [5, 5.41) is 15.5. The fraction of sp³-hybridized carbons (Fsp3) is 0.167. The zero-order valence-electron chi connectivity index (χ0n) is 13.1. The van der Waals surface area contributed by atoms with Gasteiger partial charge in [0.25, 0.3) is 5.69 Å². The number of nitrogens with zero attached hydrogens (tertiary/aromatic N) is 3. The van der Waals surface area contributed by atoms with Gasteiger partial charge in [-0.15, -0.1) is 0 Å². The van der Waals surface area contributed by atoms with Crippen molar-refractivity contribution in [3.05, 3.63) is 69.9 Å². The van der Waals surface area contributed by atoms with Crippen LogP contribution < -0.4 is 4.74 Å². The van der Waals surface area contributed by atoms with E-state index in [1.165, 1.54) is 23.3 Å². The van der Waals surface area contributed by atoms with Crippen molar-refractivity contribution in [2.75, 3.05) is 7.11 Å². The van der Waals surface area contributed by atoms with E-state index in [2.05, 4.69) is 6.07 Å². The van der Waals surface area contributed by atoms with Gasteiger partial charge in [-0.1, -0.05) is 0 Å². The Labute approximate surface area is 138 Å². The SMILES string of the molecule is COc1ccc2c(c1)CCc1cn(-c3ccc([N+](=O)[O-])cc3)nc1-2. The number of benzene rings is 2. The van der Waals surface area contributed by atoms with Gasteiger partial charge in [-0.25, -0.2) is 4.68 Å². The molecule has 0 spiro atoms. The second kappa shape index (κ2) is 5.49. The number of methoxy groups -OCH3 is 1. The van der Waals surface area contributed by atoms with Gasteiger partial charge < -0.3 is 4.74 Å². The highest BCUT2D eigenvalue weighted by molar-refractivity contribution is 5.70. The van der Waals surface area contributed by atoms with Crippen LogP contribution in [-0.4, -0.2) is 21.8 Å². The summed E-state index contributed by atoms with van der Waals surface area (Å²) < 4.78 is 7.08. The third-order valence-corrected chi connectivity index (χ3v) is 4.35. The van der Waals surface area contributed by atoms with E-state index in [-0.39, 0.29) is 5.69 Å². The maximum absolute atomic E-state index is 10.8. The molecular formula is C18H15N3O3. The lowest BCUT2D eigenvalue weighted by Crippen LogP contribution is -2.02. The lowest BCUT2D eigenvalue weighted by Gasteiger charge is -2.15. The highest BCUT2D eigenvalue weighted by Crippen LogP contribution is 2.35. The van der Waals surface area contributed by atoms with E-state index in [0.717, 1.165) is 35.5 Å². The minimum atomic E-state index is -0.401. The molecule has 0 saturated carbocycles. The number of fused-ring (bicyclic) bond motifs is 3. The van der Waals surface area contributed by atoms with Crippen molar-refractivity contribution in [3.8, 4) is 22.7 Å². The number of nitro groups is 1. The van der Waals surface area contributed by atoms with Gasteiger partial charge >= 0.3 is 0 Å². The van der Waals surface area contributed by atoms with Crippen molar-refractivity contribution < 1.29 is 9.66 Å². The van der Waals surface area contributed by atoms with Crippen molar-refractivity contribution in [1.29, 1.82) is 0 Å². The van der Waals surface area contributed by atoms with E-state index >= 15 is 0 Å². The lowest BCUT2D eigenvalue weighted by molar-refractivity contribution is -0.384. The molecule has 24 heavy (non-hydrogen) atoms. The minimum absolute atomic E-state index is 0.0770. The number of hydrogen-bond acceptors (Lipinski definition) is 4. The van der Waals surface area contributed by atoms with Crippen LogP contribution in [0, 0.1) is 10.1 Å². The Morgan fingerprint density at radius 1 is 1.12 bits per heavy atom. The smallest absolute Gasteiger partial charge is 0.269 e. The van der Waals surface area contributed by atoms with Gasteiger partial charge in [0.1, 0.15) is 5.75 Å². The molecule has 0 amide bonds. The molecule has 3 aromatic rings. The van der Waals surface area contributed by atoms with Crippen LogP contribution in [0.4, 0.5) is 5.69 Å². The van der Waals surface area contributed by atoms with E-state index < -0.39 is 4.92 Å². The van der Waals surface area contributed by atoms with Gasteiger partial charge in [0.05, 0.1) is 23.4 Å². The van der Waals surface area contributed by atoms with E-state index in [0.29, 0.717) is 0 Å². The third-order valence-electron chi connectivity index (χ3n) is 4.35. The zero-order valence-corrected chi connectivity index (χ0v) is 13.1. The molecule has 0 atom stereocenters. The number of rotatable bonds is 3. The Morgan fingerprint density at radius 2 is 1.88 bits per heavy atom. The Morgan fingerprint density at radius 3 is 2.58 bits per heavy atom. The summed E-state index contributed by atoms with van der Waals surface area (Å²) in [6.07, 6.45) is 3.87. The first-order chi connectivity index (χ1) is 11.7. The van der Waals surface area contributed by atoms with Crippen molar-refractivity contribution in [2.24, 2.45) is 0 Å². The van der Waals surface area contributed by atoms with Gasteiger partial charge in [0.15, 0.2) is 0 Å². The Hall–Kier alpha value is -3.15. The average molecular weight is 321 g/mol. The molecule has 1 heterocycles. The molecule has 0 saturated heterocycles. The van der Waals surface area contributed by atoms with Gasteiger partial charge in [-0.05, 0) is 54.3 Å². The van der Waals surface area contributed by atoms with E-state index in [1.807, 2.05) is 18.3 Å². The summed E-state index contributed by atoms with van der Waals surface area (Å²) in [7, 11) is 1.67. The summed E-state index contributed by atoms with van der Waals surface area (Å²) in [5.41, 5.74) is 5.40. The fourth-order valence-electron chi connectivity index (χ4n) is 3.08. The van der Waals surface area contributed by atoms with Crippen LogP contribution >= 0.6 is 0 Å². The molecule has 0 bridgehead atoms. The first-order valence-corrected chi connectivity index (χ1v) is 7.66. The van der Waals surface area contributed by atoms with Crippen LogP contribution in [0.1, 0.15) is 11.1 Å². The number of aryl methyl sites for hydroxylation is 2. The maximum atomic E-state index is 10.8. The zero-order chi connectivity index (χ0) is 16.7. The first kappa shape index (κ1) is 14.4. The lowest BCUT2D eigenvalue weighted by atomic mass is 9.90. The highest BCUT2D eigenvalue weighted by atomic mass is 16.6. The average Bonchev–Trinajstić information content (AvgIpc) is 3.06. The Bertz CT molecular complexity index is 929. The largest absolute Gasteiger partial charge is 0.497 e. The number of aromatic nitrogens is 2. The highest BCUT2D eigenvalue weighted by Gasteiger charge is 2.20. The summed E-state index contributed by atoms with van der Waals surface area (Å²) in [6.45, 7) is 0. The predicted molar refractivity (Wildman–Crippen MR) is 89.6 cm³/mol. The first-order valence-electron chi connectivity index (χ1n) is 7.66. The molecule has 2 aromatic carbocycles. The maximum Gasteiger partial charge on any atom is 0.269 e. The van der Waals surface area contributed by atoms with Gasteiger partial charge in [-0.3, -0.25) is 10.1 Å². The minimum Gasteiger partial charge on any atom is -0.497 e. The second-order valence-corrected chi connectivity index (χ2v) is 5.74. The standard InChI is InChI=1S/C18H15N3O3/c1-24-16-8-9-17-12(10-16)2-3-13-11-20(19-18(13)17)14-4-6-15(7-5-14)21(22)23/h4-11H,2-3H2,1H3. The number of non-ortho nitro benzene ring substituents is 1. The van der Waals surface area contributed by atoms with Gasteiger partial charge in [0.2, 0.25) is 0 Å². The molecule has 1 aliphatic rings. The van der Waals surface area contributed by atoms with Crippen molar-refractivity contribution in [1.82, 2.24) is 9.78 Å². The Kier molecular flexibility index (Phi) is 3.30. The molecule has 0 aliphatic heterocycles. The Balaban J connectivity index is 1.74. The summed E-state index contributed by atoms with van der Waals surface area (Å²) >= 11 is 0. The molecule has 0 N–H and O–H groups in total. The fourth-order valence-corrected chi connectivity index (χ4v) is 3.08. The van der Waals surface area contributed by atoms with Crippen molar-refractivity contribution in [2.45, 2.75) is 12.8 Å². The summed E-state index contributed by atoms with van der Waals surface area (Å²) in [5.74, 6) is 0.854. The molecular weight excluding hydrogens is 306 g/mol. The third kappa shape index (κ3) is 2.32. The van der Waals surface area contributed by atoms with E-state index in [4.69, 9.17) is 9.84 Å². The molecule has 120 valence electrons. The normalized spacial score (nSPS) is 12.4. The monoisotopic (exact) mass is 321 g/mol. The molecule has 0 radical (unpaired) electrons. The molecule has 6 heteroatoms. The number of hydrogen-bond donors (Lipinski definition) is 0. The number of nitro benzene ring substituents is 1. The van der Waals surface area contributed by atoms with Crippen molar-refractivity contribution >= 4 is 5.69 Å². The van der Waals surface area contributed by atoms with Gasteiger partial charge in [-0.2, -0.15) is 5.10 Å². The van der Waals surface area contributed by atoms with Crippen LogP contribution in [0.25, 0.3) is 16.9 Å². The van der Waals surface area contributed by atoms with Crippen LogP contribution in [0.3, 0.4) is 0 Å². The molecule has 4 rings (SSSR count).